The predicted octanol–water partition coefficient (Wildman–Crippen LogP) is 4.43. The molecule has 11 heteroatoms. The molecule has 0 bridgehead atoms. The number of hydrogen-bond donors (Lipinski definition) is 2. The van der Waals surface area contributed by atoms with Gasteiger partial charge in [-0.1, -0.05) is 39.3 Å². The fraction of sp³-hybridized carbons (Fsp3) is 0.484. The van der Waals surface area contributed by atoms with E-state index < -0.39 is 29.0 Å². The molecule has 2 N–H and O–H groups in total. The number of nitrogens with one attached hydrogen (secondary N) is 1. The Labute approximate surface area is 247 Å². The summed E-state index contributed by atoms with van der Waals surface area (Å²) in [6.45, 7) is 8.21. The van der Waals surface area contributed by atoms with E-state index in [1.807, 2.05) is 0 Å². The summed E-state index contributed by atoms with van der Waals surface area (Å²) < 4.78 is 27.3. The minimum absolute atomic E-state index is 0.0178. The summed E-state index contributed by atoms with van der Waals surface area (Å²) in [5.74, 6) is -1.69. The molecule has 3 aliphatic rings. The summed E-state index contributed by atoms with van der Waals surface area (Å²) >= 11 is 6.43. The van der Waals surface area contributed by atoms with Gasteiger partial charge in [-0.3, -0.25) is 9.59 Å². The zero-order valence-electron chi connectivity index (χ0n) is 24.0. The van der Waals surface area contributed by atoms with Crippen LogP contribution in [0.3, 0.4) is 0 Å². The van der Waals surface area contributed by atoms with Gasteiger partial charge in [0.25, 0.3) is 5.56 Å². The predicted molar refractivity (Wildman–Crippen MR) is 154 cm³/mol. The van der Waals surface area contributed by atoms with Crippen molar-refractivity contribution in [3.05, 3.63) is 61.1 Å². The fourth-order valence-electron chi connectivity index (χ4n) is 6.28. The van der Waals surface area contributed by atoms with Gasteiger partial charge in [-0.15, -0.1) is 0 Å². The maximum atomic E-state index is 14.9. The monoisotopic (exact) mass is 597 g/mol. The van der Waals surface area contributed by atoms with Crippen molar-refractivity contribution in [3.8, 4) is 11.4 Å². The molecular weight excluding hydrogens is 565 g/mol. The van der Waals surface area contributed by atoms with Crippen molar-refractivity contribution in [2.45, 2.75) is 78.2 Å². The van der Waals surface area contributed by atoms with Gasteiger partial charge in [0.15, 0.2) is 5.60 Å². The number of halogens is 2. The molecule has 0 radical (unpaired) electrons. The van der Waals surface area contributed by atoms with Crippen molar-refractivity contribution < 1.29 is 28.6 Å². The third kappa shape index (κ3) is 4.51. The summed E-state index contributed by atoms with van der Waals surface area (Å²) in [5.41, 5.74) is 1.38. The number of hydrogen-bond acceptors (Lipinski definition) is 7. The first-order valence-electron chi connectivity index (χ1n) is 14.2. The summed E-state index contributed by atoms with van der Waals surface area (Å²) in [5, 5.41) is 15.0. The molecule has 2 atom stereocenters. The van der Waals surface area contributed by atoms with E-state index in [0.717, 1.165) is 12.0 Å². The maximum Gasteiger partial charge on any atom is 0.343 e. The van der Waals surface area contributed by atoms with Crippen LogP contribution in [0.5, 0.6) is 0 Å². The number of aryl methyl sites for hydroxylation is 1. The number of esters is 1. The van der Waals surface area contributed by atoms with Gasteiger partial charge in [-0.2, -0.15) is 0 Å². The Morgan fingerprint density at radius 3 is 2.76 bits per heavy atom. The van der Waals surface area contributed by atoms with Gasteiger partial charge < -0.3 is 24.5 Å². The number of carbonyl (C=O) groups is 2. The Balaban J connectivity index is 1.46. The molecule has 0 saturated carbocycles. The van der Waals surface area contributed by atoms with E-state index in [1.54, 1.807) is 13.0 Å². The number of fused-ring (bicyclic) bond motifs is 5. The number of ether oxygens (including phenoxy) is 2. The van der Waals surface area contributed by atoms with E-state index in [9.17, 15) is 23.9 Å². The Morgan fingerprint density at radius 2 is 2.05 bits per heavy atom. The highest BCUT2D eigenvalue weighted by atomic mass is 35.5. The lowest BCUT2D eigenvalue weighted by Gasteiger charge is -2.31. The van der Waals surface area contributed by atoms with E-state index in [2.05, 4.69) is 26.1 Å². The molecule has 2 aromatic heterocycles. The molecule has 0 spiro atoms. The van der Waals surface area contributed by atoms with Crippen LogP contribution in [0.4, 0.5) is 4.39 Å². The number of cyclic esters (lactones) is 1. The number of nitrogens with zero attached hydrogens (tertiary/aromatic N) is 2. The van der Waals surface area contributed by atoms with E-state index >= 15 is 0 Å². The lowest BCUT2D eigenvalue weighted by molar-refractivity contribution is -0.172. The molecule has 0 saturated heterocycles. The molecule has 1 amide bonds. The zero-order chi connectivity index (χ0) is 30.1. The highest BCUT2D eigenvalue weighted by Crippen LogP contribution is 2.46. The van der Waals surface area contributed by atoms with Gasteiger partial charge in [-0.25, -0.2) is 14.2 Å². The largest absolute Gasteiger partial charge is 0.458 e. The lowest BCUT2D eigenvalue weighted by atomic mass is 9.83. The van der Waals surface area contributed by atoms with Crippen LogP contribution in [0.1, 0.15) is 80.8 Å². The van der Waals surface area contributed by atoms with Crippen molar-refractivity contribution in [1.82, 2.24) is 14.9 Å². The number of benzene rings is 1. The van der Waals surface area contributed by atoms with Crippen molar-refractivity contribution in [2.75, 3.05) is 13.2 Å². The fourth-order valence-corrected chi connectivity index (χ4v) is 6.52. The van der Waals surface area contributed by atoms with E-state index in [4.69, 9.17) is 26.1 Å². The Morgan fingerprint density at radius 1 is 1.29 bits per heavy atom. The highest BCUT2D eigenvalue weighted by Gasteiger charge is 2.46. The van der Waals surface area contributed by atoms with Crippen LogP contribution in [-0.2, 0) is 44.2 Å². The van der Waals surface area contributed by atoms with E-state index in [0.29, 0.717) is 52.9 Å². The second-order valence-electron chi connectivity index (χ2n) is 12.5. The van der Waals surface area contributed by atoms with Crippen molar-refractivity contribution in [2.24, 2.45) is 5.41 Å². The summed E-state index contributed by atoms with van der Waals surface area (Å²) in [6, 6.07) is 2.43. The minimum Gasteiger partial charge on any atom is -0.458 e. The van der Waals surface area contributed by atoms with E-state index in [-0.39, 0.29) is 53.7 Å². The van der Waals surface area contributed by atoms with Gasteiger partial charge in [0.05, 0.1) is 40.1 Å². The SMILES string of the molecule is CC[C@@]1(O)C(=O)OCc2c1cc1n(c2=O)Cc2c-1nc1cc(F)c(Cl)c3c1c2[C@@H](NC(=O)COCCC(C)(C)C)CC3. The molecule has 4 heterocycles. The van der Waals surface area contributed by atoms with Crippen LogP contribution in [0, 0.1) is 11.2 Å². The second kappa shape index (κ2) is 10.1. The molecule has 222 valence electrons. The van der Waals surface area contributed by atoms with Crippen LogP contribution in [0.15, 0.2) is 16.9 Å². The van der Waals surface area contributed by atoms with Crippen LogP contribution in [-0.4, -0.2) is 39.7 Å². The average Bonchev–Trinajstić information content (AvgIpc) is 3.30. The molecule has 9 nitrogen and oxygen atoms in total. The normalized spacial score (nSPS) is 20.6. The molecule has 42 heavy (non-hydrogen) atoms. The lowest BCUT2D eigenvalue weighted by Crippen LogP contribution is -2.44. The van der Waals surface area contributed by atoms with Crippen LogP contribution in [0.2, 0.25) is 5.02 Å². The topological polar surface area (TPSA) is 120 Å². The first kappa shape index (κ1) is 28.8. The Hall–Kier alpha value is -3.34. The zero-order valence-corrected chi connectivity index (χ0v) is 24.8. The van der Waals surface area contributed by atoms with Gasteiger partial charge in [0.1, 0.15) is 19.0 Å². The van der Waals surface area contributed by atoms with Crippen molar-refractivity contribution >= 4 is 34.4 Å². The quantitative estimate of drug-likeness (QED) is 0.249. The Kier molecular flexibility index (Phi) is 6.94. The maximum absolute atomic E-state index is 14.9. The van der Waals surface area contributed by atoms with Gasteiger partial charge >= 0.3 is 5.97 Å². The number of aromatic nitrogens is 2. The van der Waals surface area contributed by atoms with E-state index in [1.165, 1.54) is 10.6 Å². The van der Waals surface area contributed by atoms with Gasteiger partial charge in [-0.05, 0) is 48.3 Å². The minimum atomic E-state index is -1.97. The first-order valence-corrected chi connectivity index (χ1v) is 14.6. The molecule has 1 aromatic carbocycles. The Bertz CT molecular complexity index is 1730. The average molecular weight is 598 g/mol. The highest BCUT2D eigenvalue weighted by molar-refractivity contribution is 6.32. The smallest absolute Gasteiger partial charge is 0.343 e. The van der Waals surface area contributed by atoms with Crippen LogP contribution < -0.4 is 10.9 Å². The van der Waals surface area contributed by atoms with Crippen LogP contribution in [0.25, 0.3) is 22.3 Å². The summed E-state index contributed by atoms with van der Waals surface area (Å²) in [6.07, 6.45) is 1.72. The number of carbonyl (C=O) groups excluding carboxylic acids is 2. The number of aliphatic hydroxyl groups is 1. The molecule has 1 aliphatic carbocycles. The van der Waals surface area contributed by atoms with Crippen molar-refractivity contribution in [1.29, 1.82) is 0 Å². The summed E-state index contributed by atoms with van der Waals surface area (Å²) in [4.78, 5) is 44.0. The standard InChI is InChI=1S/C31H33ClFN3O6/c1-5-31(40)18-10-22-27-16(12-36(22)28(38)17(18)13-42-29(31)39)25-20(34-23(37)14-41-9-8-30(2,3)4)7-6-15-24(25)21(35-27)11-19(33)26(15)32/h10-11,20,40H,5-9,12-14H2,1-4H3,(H,34,37)/t20-,31-/m0/s1. The van der Waals surface area contributed by atoms with Crippen molar-refractivity contribution in [3.63, 3.8) is 0 Å². The third-order valence-corrected chi connectivity index (χ3v) is 9.02. The second-order valence-corrected chi connectivity index (χ2v) is 12.9. The van der Waals surface area contributed by atoms with Crippen LogP contribution >= 0.6 is 11.6 Å². The molecule has 0 fully saturated rings. The van der Waals surface area contributed by atoms with Gasteiger partial charge in [0.2, 0.25) is 5.91 Å². The summed E-state index contributed by atoms with van der Waals surface area (Å²) in [7, 11) is 0. The molecular formula is C31H33ClFN3O6. The number of amides is 1. The van der Waals surface area contributed by atoms with Gasteiger partial charge in [0, 0.05) is 29.2 Å². The number of pyridine rings is 2. The first-order chi connectivity index (χ1) is 19.8. The third-order valence-electron chi connectivity index (χ3n) is 8.61. The molecule has 6 rings (SSSR count). The molecule has 0 unspecified atom stereocenters. The number of rotatable bonds is 6. The molecule has 3 aromatic rings. The molecule has 2 aliphatic heterocycles.